The zero-order chi connectivity index (χ0) is 12.5. The van der Waals surface area contributed by atoms with Gasteiger partial charge in [-0.25, -0.2) is 4.39 Å². The van der Waals surface area contributed by atoms with Crippen molar-refractivity contribution in [2.45, 2.75) is 38.4 Å². The van der Waals surface area contributed by atoms with Gasteiger partial charge in [-0.1, -0.05) is 18.2 Å². The Bertz CT molecular complexity index is 417. The van der Waals surface area contributed by atoms with Crippen molar-refractivity contribution in [2.24, 2.45) is 5.92 Å². The summed E-state index contributed by atoms with van der Waals surface area (Å²) in [7, 11) is 0. The first kappa shape index (κ1) is 12.1. The first-order chi connectivity index (χ1) is 8.74. The summed E-state index contributed by atoms with van der Waals surface area (Å²) >= 11 is 0. The Kier molecular flexibility index (Phi) is 3.35. The molecule has 0 spiro atoms. The summed E-state index contributed by atoms with van der Waals surface area (Å²) in [6.07, 6.45) is 2.68. The predicted octanol–water partition coefficient (Wildman–Crippen LogP) is 2.40. The summed E-state index contributed by atoms with van der Waals surface area (Å²) in [6, 6.07) is 8.26. The van der Waals surface area contributed by atoms with Crippen molar-refractivity contribution in [3.8, 4) is 0 Å². The number of halogens is 1. The van der Waals surface area contributed by atoms with Crippen LogP contribution in [0.3, 0.4) is 0 Å². The summed E-state index contributed by atoms with van der Waals surface area (Å²) in [5, 5.41) is 3.55. The average Bonchev–Trinajstić information content (AvgIpc) is 3.16. The Hall–Kier alpha value is -0.930. The van der Waals surface area contributed by atoms with E-state index in [2.05, 4.69) is 17.1 Å². The maximum atomic E-state index is 13.7. The fourth-order valence-electron chi connectivity index (χ4n) is 2.98. The highest BCUT2D eigenvalue weighted by atomic mass is 19.1. The van der Waals surface area contributed by atoms with E-state index >= 15 is 0 Å². The monoisotopic (exact) mass is 248 g/mol. The van der Waals surface area contributed by atoms with Crippen LogP contribution in [-0.4, -0.2) is 30.1 Å². The van der Waals surface area contributed by atoms with E-state index in [0.717, 1.165) is 31.1 Å². The molecule has 1 saturated heterocycles. The zero-order valence-electron chi connectivity index (χ0n) is 10.9. The molecular weight excluding hydrogens is 227 g/mol. The molecule has 1 aliphatic carbocycles. The van der Waals surface area contributed by atoms with Crippen LogP contribution in [0.5, 0.6) is 0 Å². The van der Waals surface area contributed by atoms with Crippen LogP contribution >= 0.6 is 0 Å². The van der Waals surface area contributed by atoms with Crippen LogP contribution in [0.25, 0.3) is 0 Å². The quantitative estimate of drug-likeness (QED) is 0.883. The molecule has 2 atom stereocenters. The van der Waals surface area contributed by atoms with E-state index in [1.54, 1.807) is 12.1 Å². The second kappa shape index (κ2) is 4.98. The van der Waals surface area contributed by atoms with E-state index in [-0.39, 0.29) is 5.82 Å². The van der Waals surface area contributed by atoms with Gasteiger partial charge in [-0.15, -0.1) is 0 Å². The molecule has 1 heterocycles. The molecule has 0 radical (unpaired) electrons. The molecule has 18 heavy (non-hydrogen) atoms. The number of nitrogens with zero attached hydrogens (tertiary/aromatic N) is 1. The number of benzene rings is 1. The third-order valence-corrected chi connectivity index (χ3v) is 4.15. The maximum Gasteiger partial charge on any atom is 0.127 e. The number of rotatable bonds is 3. The zero-order valence-corrected chi connectivity index (χ0v) is 10.9. The molecule has 0 aromatic heterocycles. The van der Waals surface area contributed by atoms with Crippen molar-refractivity contribution in [3.05, 3.63) is 35.6 Å². The van der Waals surface area contributed by atoms with Crippen molar-refractivity contribution < 1.29 is 4.39 Å². The maximum absolute atomic E-state index is 13.7. The van der Waals surface area contributed by atoms with Gasteiger partial charge in [0.1, 0.15) is 5.82 Å². The van der Waals surface area contributed by atoms with Crippen LogP contribution in [0.2, 0.25) is 0 Å². The average molecular weight is 248 g/mol. The van der Waals surface area contributed by atoms with Crippen molar-refractivity contribution in [3.63, 3.8) is 0 Å². The van der Waals surface area contributed by atoms with Crippen LogP contribution in [0.4, 0.5) is 4.39 Å². The van der Waals surface area contributed by atoms with Gasteiger partial charge in [0.15, 0.2) is 0 Å². The van der Waals surface area contributed by atoms with Gasteiger partial charge in [-0.2, -0.15) is 0 Å². The van der Waals surface area contributed by atoms with E-state index < -0.39 is 0 Å². The van der Waals surface area contributed by atoms with Gasteiger partial charge in [0, 0.05) is 37.3 Å². The van der Waals surface area contributed by atoms with Crippen molar-refractivity contribution in [1.82, 2.24) is 10.2 Å². The van der Waals surface area contributed by atoms with Crippen LogP contribution in [0.1, 0.15) is 25.3 Å². The van der Waals surface area contributed by atoms with Gasteiger partial charge >= 0.3 is 0 Å². The molecular formula is C15H21FN2. The Labute approximate surface area is 108 Å². The molecule has 2 nitrogen and oxygen atoms in total. The highest BCUT2D eigenvalue weighted by Crippen LogP contribution is 2.36. The third-order valence-electron chi connectivity index (χ3n) is 4.15. The van der Waals surface area contributed by atoms with E-state index in [9.17, 15) is 4.39 Å². The lowest BCUT2D eigenvalue weighted by Crippen LogP contribution is -2.55. The van der Waals surface area contributed by atoms with Crippen LogP contribution < -0.4 is 5.32 Å². The fourth-order valence-corrected chi connectivity index (χ4v) is 2.98. The summed E-state index contributed by atoms with van der Waals surface area (Å²) in [5.41, 5.74) is 0.831. The van der Waals surface area contributed by atoms with E-state index in [4.69, 9.17) is 0 Å². The standard InChI is InChI=1S/C15H21FN2/c1-11-9-18(15(8-17-11)12-6-7-12)10-13-4-2-3-5-14(13)16/h2-5,11-12,15,17H,6-10H2,1H3. The molecule has 0 bridgehead atoms. The topological polar surface area (TPSA) is 15.3 Å². The second-order valence-corrected chi connectivity index (χ2v) is 5.73. The van der Waals surface area contributed by atoms with Crippen LogP contribution in [0.15, 0.2) is 24.3 Å². The lowest BCUT2D eigenvalue weighted by atomic mass is 10.0. The number of nitrogens with one attached hydrogen (secondary N) is 1. The normalized spacial score (nSPS) is 29.4. The lowest BCUT2D eigenvalue weighted by Gasteiger charge is -2.39. The minimum absolute atomic E-state index is 0.0711. The highest BCUT2D eigenvalue weighted by molar-refractivity contribution is 5.17. The highest BCUT2D eigenvalue weighted by Gasteiger charge is 2.37. The van der Waals surface area contributed by atoms with Gasteiger partial charge in [0.25, 0.3) is 0 Å². The second-order valence-electron chi connectivity index (χ2n) is 5.73. The smallest absolute Gasteiger partial charge is 0.127 e. The number of hydrogen-bond donors (Lipinski definition) is 1. The Balaban J connectivity index is 1.74. The molecule has 1 aliphatic heterocycles. The van der Waals surface area contributed by atoms with E-state index in [1.807, 2.05) is 12.1 Å². The first-order valence-corrected chi connectivity index (χ1v) is 6.95. The Morgan fingerprint density at radius 3 is 2.83 bits per heavy atom. The summed E-state index contributed by atoms with van der Waals surface area (Å²) in [5.74, 6) is 0.759. The van der Waals surface area contributed by atoms with Gasteiger partial charge < -0.3 is 5.32 Å². The minimum atomic E-state index is -0.0711. The van der Waals surface area contributed by atoms with E-state index in [0.29, 0.717) is 12.1 Å². The SMILES string of the molecule is CC1CN(Cc2ccccc2F)C(C2CC2)CN1. The molecule has 1 aromatic rings. The molecule has 3 heteroatoms. The third kappa shape index (κ3) is 2.57. The first-order valence-electron chi connectivity index (χ1n) is 6.95. The molecule has 0 amide bonds. The predicted molar refractivity (Wildman–Crippen MR) is 70.8 cm³/mol. The minimum Gasteiger partial charge on any atom is -0.311 e. The van der Waals surface area contributed by atoms with Gasteiger partial charge in [0.05, 0.1) is 0 Å². The van der Waals surface area contributed by atoms with Crippen molar-refractivity contribution in [1.29, 1.82) is 0 Å². The number of hydrogen-bond acceptors (Lipinski definition) is 2. The molecule has 1 aromatic carbocycles. The van der Waals surface area contributed by atoms with Gasteiger partial charge in [-0.3, -0.25) is 4.90 Å². The largest absolute Gasteiger partial charge is 0.311 e. The fraction of sp³-hybridized carbons (Fsp3) is 0.600. The van der Waals surface area contributed by atoms with Gasteiger partial charge in [-0.05, 0) is 31.7 Å². The summed E-state index contributed by atoms with van der Waals surface area (Å²) < 4.78 is 13.7. The number of piperazine rings is 1. The Morgan fingerprint density at radius 1 is 1.33 bits per heavy atom. The van der Waals surface area contributed by atoms with Crippen LogP contribution in [-0.2, 0) is 6.54 Å². The molecule has 2 aliphatic rings. The van der Waals surface area contributed by atoms with Gasteiger partial charge in [0.2, 0.25) is 0 Å². The molecule has 1 N–H and O–H groups in total. The molecule has 2 unspecified atom stereocenters. The van der Waals surface area contributed by atoms with Crippen LogP contribution in [0, 0.1) is 11.7 Å². The van der Waals surface area contributed by atoms with Crippen molar-refractivity contribution in [2.75, 3.05) is 13.1 Å². The molecule has 2 fully saturated rings. The summed E-state index contributed by atoms with van der Waals surface area (Å²) in [4.78, 5) is 2.47. The van der Waals surface area contributed by atoms with E-state index in [1.165, 1.54) is 12.8 Å². The molecule has 3 rings (SSSR count). The summed E-state index contributed by atoms with van der Waals surface area (Å²) in [6.45, 7) is 5.03. The van der Waals surface area contributed by atoms with Crippen molar-refractivity contribution >= 4 is 0 Å². The Morgan fingerprint density at radius 2 is 2.11 bits per heavy atom. The lowest BCUT2D eigenvalue weighted by molar-refractivity contribution is 0.111. The molecule has 98 valence electrons. The molecule has 1 saturated carbocycles.